The van der Waals surface area contributed by atoms with Crippen LogP contribution in [0.25, 0.3) is 10.9 Å². The first kappa shape index (κ1) is 24.5. The Morgan fingerprint density at radius 2 is 1.44 bits per heavy atom. The van der Waals surface area contributed by atoms with Crippen molar-refractivity contribution >= 4 is 40.1 Å². The number of amides is 2. The summed E-state index contributed by atoms with van der Waals surface area (Å²) in [5, 5.41) is 9.75. The molecule has 2 amide bonds. The standard InChI is InChI=1S/C26H22F2N4O4/c1-15-7-9-17(11-20(15)27)29-23(33)13-32-25(19-5-3-4-6-22(19)31-32)26(35)36-14-24(34)30-18-10-8-16(2)21(28)12-18/h3-12H,13-14H2,1-2H3,(H,29,33)(H,30,34). The van der Waals surface area contributed by atoms with Crippen LogP contribution >= 0.6 is 0 Å². The summed E-state index contributed by atoms with van der Waals surface area (Å²) in [7, 11) is 0. The largest absolute Gasteiger partial charge is 0.451 e. The predicted molar refractivity (Wildman–Crippen MR) is 130 cm³/mol. The molecule has 4 rings (SSSR count). The van der Waals surface area contributed by atoms with Gasteiger partial charge in [0.2, 0.25) is 5.91 Å². The summed E-state index contributed by atoms with van der Waals surface area (Å²) in [6.45, 7) is 2.20. The monoisotopic (exact) mass is 492 g/mol. The molecule has 0 atom stereocenters. The van der Waals surface area contributed by atoms with Crippen LogP contribution in [0.1, 0.15) is 21.6 Å². The van der Waals surface area contributed by atoms with Crippen LogP contribution in [0.4, 0.5) is 20.2 Å². The van der Waals surface area contributed by atoms with Crippen molar-refractivity contribution in [3.05, 3.63) is 89.1 Å². The second-order valence-corrected chi connectivity index (χ2v) is 8.12. The lowest BCUT2D eigenvalue weighted by atomic mass is 10.2. The molecular weight excluding hydrogens is 470 g/mol. The Balaban J connectivity index is 1.47. The molecule has 0 unspecified atom stereocenters. The second kappa shape index (κ2) is 10.3. The molecule has 0 aliphatic carbocycles. The summed E-state index contributed by atoms with van der Waals surface area (Å²) in [5.74, 6) is -3.02. The molecule has 1 aromatic heterocycles. The van der Waals surface area contributed by atoms with Gasteiger partial charge in [-0.3, -0.25) is 9.59 Å². The Hall–Kier alpha value is -4.60. The van der Waals surface area contributed by atoms with Gasteiger partial charge in [0.1, 0.15) is 18.2 Å². The summed E-state index contributed by atoms with van der Waals surface area (Å²) < 4.78 is 33.8. The van der Waals surface area contributed by atoms with Crippen molar-refractivity contribution in [3.63, 3.8) is 0 Å². The highest BCUT2D eigenvalue weighted by atomic mass is 19.1. The quantitative estimate of drug-likeness (QED) is 0.373. The molecule has 0 aliphatic heterocycles. The number of nitrogens with one attached hydrogen (secondary N) is 2. The van der Waals surface area contributed by atoms with Crippen molar-refractivity contribution in [1.29, 1.82) is 0 Å². The Kier molecular flexibility index (Phi) is 7.05. The van der Waals surface area contributed by atoms with Gasteiger partial charge < -0.3 is 15.4 Å². The lowest BCUT2D eigenvalue weighted by Crippen LogP contribution is -2.25. The van der Waals surface area contributed by atoms with Gasteiger partial charge in [-0.05, 0) is 55.3 Å². The highest BCUT2D eigenvalue weighted by Crippen LogP contribution is 2.20. The molecule has 184 valence electrons. The van der Waals surface area contributed by atoms with E-state index < -0.39 is 36.0 Å². The first-order valence-electron chi connectivity index (χ1n) is 11.0. The third-order valence-corrected chi connectivity index (χ3v) is 5.38. The fraction of sp³-hybridized carbons (Fsp3) is 0.154. The molecular formula is C26H22F2N4O4. The number of carbonyl (C=O) groups is 3. The number of nitrogens with zero attached hydrogens (tertiary/aromatic N) is 2. The summed E-state index contributed by atoms with van der Waals surface area (Å²) in [4.78, 5) is 37.8. The highest BCUT2D eigenvalue weighted by molar-refractivity contribution is 6.04. The average molecular weight is 492 g/mol. The smallest absolute Gasteiger partial charge is 0.357 e. The molecule has 0 saturated heterocycles. The van der Waals surface area contributed by atoms with Crippen LogP contribution in [-0.2, 0) is 20.9 Å². The summed E-state index contributed by atoms with van der Waals surface area (Å²) >= 11 is 0. The van der Waals surface area contributed by atoms with Crippen molar-refractivity contribution < 1.29 is 27.9 Å². The van der Waals surface area contributed by atoms with E-state index in [1.54, 1.807) is 44.2 Å². The fourth-order valence-electron chi connectivity index (χ4n) is 3.48. The van der Waals surface area contributed by atoms with Crippen molar-refractivity contribution in [2.45, 2.75) is 20.4 Å². The Bertz CT molecular complexity index is 1480. The van der Waals surface area contributed by atoms with E-state index in [9.17, 15) is 23.2 Å². The van der Waals surface area contributed by atoms with E-state index in [4.69, 9.17) is 4.74 Å². The minimum atomic E-state index is -0.872. The lowest BCUT2D eigenvalue weighted by molar-refractivity contribution is -0.119. The number of ether oxygens (including phenoxy) is 1. The van der Waals surface area contributed by atoms with Crippen molar-refractivity contribution in [3.8, 4) is 0 Å². The molecule has 0 radical (unpaired) electrons. The van der Waals surface area contributed by atoms with Gasteiger partial charge in [0.25, 0.3) is 5.91 Å². The van der Waals surface area contributed by atoms with E-state index in [-0.39, 0.29) is 23.6 Å². The van der Waals surface area contributed by atoms with E-state index in [1.807, 2.05) is 0 Å². The Morgan fingerprint density at radius 3 is 2.06 bits per heavy atom. The molecule has 0 bridgehead atoms. The van der Waals surface area contributed by atoms with Crippen molar-refractivity contribution in [1.82, 2.24) is 9.78 Å². The maximum atomic E-state index is 13.8. The van der Waals surface area contributed by atoms with Crippen molar-refractivity contribution in [2.75, 3.05) is 17.2 Å². The third-order valence-electron chi connectivity index (χ3n) is 5.38. The highest BCUT2D eigenvalue weighted by Gasteiger charge is 2.22. The van der Waals surface area contributed by atoms with E-state index >= 15 is 0 Å². The summed E-state index contributed by atoms with van der Waals surface area (Å²) in [6, 6.07) is 15.2. The van der Waals surface area contributed by atoms with Crippen molar-refractivity contribution in [2.24, 2.45) is 0 Å². The average Bonchev–Trinajstić information content (AvgIpc) is 3.20. The van der Waals surface area contributed by atoms with Gasteiger partial charge in [-0.1, -0.05) is 30.3 Å². The number of hydrogen-bond donors (Lipinski definition) is 2. The van der Waals surface area contributed by atoms with Crippen LogP contribution in [0.3, 0.4) is 0 Å². The number of carbonyl (C=O) groups excluding carboxylic acids is 3. The van der Waals surface area contributed by atoms with Crippen LogP contribution in [0, 0.1) is 25.5 Å². The number of aryl methyl sites for hydroxylation is 2. The van der Waals surface area contributed by atoms with E-state index in [0.29, 0.717) is 22.0 Å². The number of aromatic nitrogens is 2. The maximum Gasteiger partial charge on any atom is 0.357 e. The van der Waals surface area contributed by atoms with Gasteiger partial charge in [-0.2, -0.15) is 5.10 Å². The molecule has 10 heteroatoms. The van der Waals surface area contributed by atoms with Gasteiger partial charge >= 0.3 is 5.97 Å². The minimum absolute atomic E-state index is 0.0231. The fourth-order valence-corrected chi connectivity index (χ4v) is 3.48. The summed E-state index contributed by atoms with van der Waals surface area (Å²) in [5.41, 5.74) is 1.76. The molecule has 36 heavy (non-hydrogen) atoms. The van der Waals surface area contributed by atoms with Gasteiger partial charge in [-0.25, -0.2) is 18.3 Å². The van der Waals surface area contributed by atoms with E-state index in [1.165, 1.54) is 28.9 Å². The van der Waals surface area contributed by atoms with Crippen LogP contribution in [-0.4, -0.2) is 34.2 Å². The number of rotatable bonds is 7. The van der Waals surface area contributed by atoms with E-state index in [0.717, 1.165) is 6.07 Å². The number of hydrogen-bond acceptors (Lipinski definition) is 5. The maximum absolute atomic E-state index is 13.8. The number of fused-ring (bicyclic) bond motifs is 1. The molecule has 0 spiro atoms. The van der Waals surface area contributed by atoms with Gasteiger partial charge in [0.05, 0.1) is 5.52 Å². The van der Waals surface area contributed by atoms with Gasteiger partial charge in [0.15, 0.2) is 12.3 Å². The van der Waals surface area contributed by atoms with Crippen LogP contribution < -0.4 is 10.6 Å². The third kappa shape index (κ3) is 5.54. The molecule has 8 nitrogen and oxygen atoms in total. The zero-order chi connectivity index (χ0) is 25.8. The number of benzene rings is 3. The SMILES string of the molecule is Cc1ccc(NC(=O)COC(=O)c2c3ccccc3nn2CC(=O)Nc2ccc(C)c(F)c2)cc1F. The Labute approximate surface area is 204 Å². The first-order valence-corrected chi connectivity index (χ1v) is 11.0. The predicted octanol–water partition coefficient (Wildman–Crippen LogP) is 4.37. The zero-order valence-corrected chi connectivity index (χ0v) is 19.5. The second-order valence-electron chi connectivity index (χ2n) is 8.12. The minimum Gasteiger partial charge on any atom is -0.451 e. The number of halogens is 2. The molecule has 0 aliphatic rings. The lowest BCUT2D eigenvalue weighted by Gasteiger charge is -2.10. The zero-order valence-electron chi connectivity index (χ0n) is 19.5. The first-order chi connectivity index (χ1) is 17.2. The molecule has 3 aromatic carbocycles. The molecule has 4 aromatic rings. The Morgan fingerprint density at radius 1 is 0.861 bits per heavy atom. The molecule has 1 heterocycles. The number of anilines is 2. The van der Waals surface area contributed by atoms with Gasteiger partial charge in [-0.15, -0.1) is 0 Å². The summed E-state index contributed by atoms with van der Waals surface area (Å²) in [6.07, 6.45) is 0. The molecule has 2 N–H and O–H groups in total. The number of esters is 1. The van der Waals surface area contributed by atoms with E-state index in [2.05, 4.69) is 15.7 Å². The van der Waals surface area contributed by atoms with Crippen LogP contribution in [0.2, 0.25) is 0 Å². The molecule has 0 fully saturated rings. The van der Waals surface area contributed by atoms with Gasteiger partial charge in [0, 0.05) is 16.8 Å². The van der Waals surface area contributed by atoms with Crippen LogP contribution in [0.5, 0.6) is 0 Å². The normalized spacial score (nSPS) is 10.8. The molecule has 0 saturated carbocycles. The topological polar surface area (TPSA) is 102 Å². The van der Waals surface area contributed by atoms with Crippen LogP contribution in [0.15, 0.2) is 60.7 Å².